The Morgan fingerprint density at radius 3 is 2.33 bits per heavy atom. The SMILES string of the molecule is CNC(=O)N(c1ccccc1)C1CCN(C/C(N)=C/NCc2ccc(C(F)(F)F)cc2)CC1. The molecule has 1 heterocycles. The molecule has 1 saturated heterocycles. The third kappa shape index (κ3) is 6.89. The van der Waals surface area contributed by atoms with E-state index in [0.29, 0.717) is 18.8 Å². The number of urea groups is 1. The highest BCUT2D eigenvalue weighted by atomic mass is 19.4. The van der Waals surface area contributed by atoms with Gasteiger partial charge in [0.1, 0.15) is 0 Å². The van der Waals surface area contributed by atoms with E-state index in [4.69, 9.17) is 5.73 Å². The quantitative estimate of drug-likeness (QED) is 0.585. The van der Waals surface area contributed by atoms with Gasteiger partial charge in [-0.25, -0.2) is 4.79 Å². The third-order valence-corrected chi connectivity index (χ3v) is 5.67. The molecule has 33 heavy (non-hydrogen) atoms. The Morgan fingerprint density at radius 1 is 1.12 bits per heavy atom. The monoisotopic (exact) mass is 461 g/mol. The summed E-state index contributed by atoms with van der Waals surface area (Å²) in [5, 5.41) is 5.80. The number of amides is 2. The number of rotatable bonds is 7. The van der Waals surface area contributed by atoms with Gasteiger partial charge in [0.25, 0.3) is 0 Å². The van der Waals surface area contributed by atoms with Crippen molar-refractivity contribution in [3.63, 3.8) is 0 Å². The van der Waals surface area contributed by atoms with E-state index in [1.54, 1.807) is 13.2 Å². The first-order valence-electron chi connectivity index (χ1n) is 10.9. The Balaban J connectivity index is 1.48. The maximum Gasteiger partial charge on any atom is 0.416 e. The van der Waals surface area contributed by atoms with Crippen LogP contribution in [-0.4, -0.2) is 43.7 Å². The number of para-hydroxylation sites is 1. The van der Waals surface area contributed by atoms with Gasteiger partial charge in [0.05, 0.1) is 5.56 Å². The second-order valence-corrected chi connectivity index (χ2v) is 8.06. The minimum absolute atomic E-state index is 0.103. The Morgan fingerprint density at radius 2 is 1.76 bits per heavy atom. The van der Waals surface area contributed by atoms with Crippen molar-refractivity contribution in [2.45, 2.75) is 31.6 Å². The van der Waals surface area contributed by atoms with Crippen LogP contribution in [0.15, 0.2) is 66.5 Å². The summed E-state index contributed by atoms with van der Waals surface area (Å²) in [5.41, 5.74) is 7.74. The lowest BCUT2D eigenvalue weighted by Crippen LogP contribution is -2.50. The number of nitrogens with one attached hydrogen (secondary N) is 2. The number of alkyl halides is 3. The first kappa shape index (κ1) is 24.4. The number of hydrogen-bond acceptors (Lipinski definition) is 4. The lowest BCUT2D eigenvalue weighted by molar-refractivity contribution is -0.137. The third-order valence-electron chi connectivity index (χ3n) is 5.67. The molecule has 0 saturated carbocycles. The Bertz CT molecular complexity index is 923. The molecule has 2 aromatic carbocycles. The molecule has 178 valence electrons. The summed E-state index contributed by atoms with van der Waals surface area (Å²) in [6.45, 7) is 2.58. The zero-order chi connectivity index (χ0) is 23.8. The van der Waals surface area contributed by atoms with Crippen molar-refractivity contribution >= 4 is 11.7 Å². The van der Waals surface area contributed by atoms with Crippen molar-refractivity contribution in [1.29, 1.82) is 0 Å². The molecule has 1 aliphatic heterocycles. The summed E-state index contributed by atoms with van der Waals surface area (Å²) in [5.74, 6) is 0. The maximum atomic E-state index is 12.6. The van der Waals surface area contributed by atoms with Gasteiger partial charge in [0, 0.05) is 56.9 Å². The average molecular weight is 462 g/mol. The average Bonchev–Trinajstić information content (AvgIpc) is 2.80. The Hall–Kier alpha value is -3.20. The van der Waals surface area contributed by atoms with Crippen LogP contribution in [0.1, 0.15) is 24.0 Å². The van der Waals surface area contributed by atoms with Crippen LogP contribution in [0.5, 0.6) is 0 Å². The largest absolute Gasteiger partial charge is 0.416 e. The van der Waals surface area contributed by atoms with Crippen molar-refractivity contribution in [2.24, 2.45) is 5.73 Å². The molecule has 0 atom stereocenters. The lowest BCUT2D eigenvalue weighted by Gasteiger charge is -2.38. The Labute approximate surface area is 192 Å². The van der Waals surface area contributed by atoms with Gasteiger partial charge in [0.2, 0.25) is 0 Å². The molecule has 0 spiro atoms. The number of hydrogen-bond donors (Lipinski definition) is 3. The second-order valence-electron chi connectivity index (χ2n) is 8.06. The van der Waals surface area contributed by atoms with Gasteiger partial charge in [0.15, 0.2) is 0 Å². The summed E-state index contributed by atoms with van der Waals surface area (Å²) in [6, 6.07) is 14.7. The lowest BCUT2D eigenvalue weighted by atomic mass is 10.0. The molecule has 4 N–H and O–H groups in total. The highest BCUT2D eigenvalue weighted by Gasteiger charge is 2.30. The van der Waals surface area contributed by atoms with Gasteiger partial charge in [-0.2, -0.15) is 13.2 Å². The number of nitrogens with two attached hydrogens (primary N) is 1. The second kappa shape index (κ2) is 11.1. The number of likely N-dealkylation sites (tertiary alicyclic amines) is 1. The maximum absolute atomic E-state index is 12.6. The highest BCUT2D eigenvalue weighted by molar-refractivity contribution is 5.92. The van der Waals surface area contributed by atoms with Crippen LogP contribution in [0.3, 0.4) is 0 Å². The summed E-state index contributed by atoms with van der Waals surface area (Å²) >= 11 is 0. The zero-order valence-electron chi connectivity index (χ0n) is 18.6. The number of benzene rings is 2. The van der Waals surface area contributed by atoms with Crippen LogP contribution >= 0.6 is 0 Å². The molecule has 2 amide bonds. The molecule has 6 nitrogen and oxygen atoms in total. The highest BCUT2D eigenvalue weighted by Crippen LogP contribution is 2.29. The molecule has 0 bridgehead atoms. The van der Waals surface area contributed by atoms with E-state index in [1.165, 1.54) is 12.1 Å². The zero-order valence-corrected chi connectivity index (χ0v) is 18.6. The molecule has 9 heteroatoms. The predicted molar refractivity (Wildman–Crippen MR) is 123 cm³/mol. The van der Waals surface area contributed by atoms with Gasteiger partial charge < -0.3 is 16.4 Å². The summed E-state index contributed by atoms with van der Waals surface area (Å²) < 4.78 is 37.9. The minimum Gasteiger partial charge on any atom is -0.400 e. The number of anilines is 1. The summed E-state index contributed by atoms with van der Waals surface area (Å²) in [7, 11) is 1.64. The molecule has 0 unspecified atom stereocenters. The van der Waals surface area contributed by atoms with E-state index in [1.807, 2.05) is 35.2 Å². The standard InChI is InChI=1S/C24H30F3N5O/c1-29-23(33)32(21-5-3-2-4-6-21)22-11-13-31(14-12-22)17-20(28)16-30-15-18-7-9-19(10-8-18)24(25,26)27/h2-10,16,22,30H,11-15,17,28H2,1H3,(H,29,33)/b20-16-. The van der Waals surface area contributed by atoms with Crippen molar-refractivity contribution in [3.8, 4) is 0 Å². The molecule has 0 aliphatic carbocycles. The van der Waals surface area contributed by atoms with Crippen LogP contribution in [0.4, 0.5) is 23.7 Å². The molecule has 3 rings (SSSR count). The van der Waals surface area contributed by atoms with Gasteiger partial charge in [-0.15, -0.1) is 0 Å². The molecule has 2 aromatic rings. The Kier molecular flexibility index (Phi) is 8.21. The van der Waals surface area contributed by atoms with Crippen molar-refractivity contribution in [3.05, 3.63) is 77.6 Å². The van der Waals surface area contributed by atoms with Crippen LogP contribution in [0.25, 0.3) is 0 Å². The molecule has 0 radical (unpaired) electrons. The fraction of sp³-hybridized carbons (Fsp3) is 0.375. The van der Waals surface area contributed by atoms with Gasteiger partial charge >= 0.3 is 12.2 Å². The van der Waals surface area contributed by atoms with Gasteiger partial charge in [-0.1, -0.05) is 30.3 Å². The van der Waals surface area contributed by atoms with Gasteiger partial charge in [-0.3, -0.25) is 9.80 Å². The first-order valence-corrected chi connectivity index (χ1v) is 10.9. The normalized spacial score (nSPS) is 15.8. The minimum atomic E-state index is -4.33. The van der Waals surface area contributed by atoms with E-state index in [0.717, 1.165) is 49.3 Å². The molecule has 0 aromatic heterocycles. The number of carbonyl (C=O) groups excluding carboxylic acids is 1. The van der Waals surface area contributed by atoms with E-state index in [-0.39, 0.29) is 12.1 Å². The topological polar surface area (TPSA) is 73.6 Å². The van der Waals surface area contributed by atoms with E-state index in [2.05, 4.69) is 15.5 Å². The van der Waals surface area contributed by atoms with Crippen LogP contribution < -0.4 is 21.3 Å². The number of carbonyl (C=O) groups is 1. The van der Waals surface area contributed by atoms with Crippen LogP contribution in [-0.2, 0) is 12.7 Å². The molecule has 1 fully saturated rings. The number of nitrogens with zero attached hydrogens (tertiary/aromatic N) is 2. The first-order chi connectivity index (χ1) is 15.8. The van der Waals surface area contributed by atoms with Crippen LogP contribution in [0.2, 0.25) is 0 Å². The fourth-order valence-corrected chi connectivity index (χ4v) is 3.95. The molecular formula is C24H30F3N5O. The van der Waals surface area contributed by atoms with E-state index >= 15 is 0 Å². The molecular weight excluding hydrogens is 431 g/mol. The van der Waals surface area contributed by atoms with E-state index < -0.39 is 11.7 Å². The summed E-state index contributed by atoms with van der Waals surface area (Å²) in [6.07, 6.45) is -0.976. The van der Waals surface area contributed by atoms with Crippen LogP contribution in [0, 0.1) is 0 Å². The fourth-order valence-electron chi connectivity index (χ4n) is 3.95. The number of piperidine rings is 1. The van der Waals surface area contributed by atoms with Crippen molar-refractivity contribution in [2.75, 3.05) is 31.6 Å². The van der Waals surface area contributed by atoms with Crippen molar-refractivity contribution in [1.82, 2.24) is 15.5 Å². The predicted octanol–water partition coefficient (Wildman–Crippen LogP) is 3.91. The van der Waals surface area contributed by atoms with Crippen molar-refractivity contribution < 1.29 is 18.0 Å². The smallest absolute Gasteiger partial charge is 0.400 e. The molecule has 1 aliphatic rings. The van der Waals surface area contributed by atoms with Gasteiger partial charge in [-0.05, 0) is 42.7 Å². The summed E-state index contributed by atoms with van der Waals surface area (Å²) in [4.78, 5) is 16.5. The number of halogens is 3. The van der Waals surface area contributed by atoms with E-state index in [9.17, 15) is 18.0 Å².